The SMILES string of the molecule is CC(=O)Nc1ccc(C(=O)C(C)SC2CCCCC2)cc1. The fourth-order valence-electron chi connectivity index (χ4n) is 2.71. The molecule has 1 fully saturated rings. The number of anilines is 1. The van der Waals surface area contributed by atoms with E-state index in [-0.39, 0.29) is 16.9 Å². The van der Waals surface area contributed by atoms with E-state index in [0.29, 0.717) is 5.25 Å². The number of amides is 1. The average Bonchev–Trinajstić information content (AvgIpc) is 2.47. The number of carbonyl (C=O) groups is 2. The first-order chi connectivity index (χ1) is 10.1. The van der Waals surface area contributed by atoms with Crippen molar-refractivity contribution in [2.75, 3.05) is 5.32 Å². The van der Waals surface area contributed by atoms with Crippen LogP contribution in [-0.2, 0) is 4.79 Å². The molecule has 3 nitrogen and oxygen atoms in total. The first kappa shape index (κ1) is 16.1. The van der Waals surface area contributed by atoms with Crippen molar-refractivity contribution in [2.24, 2.45) is 0 Å². The molecular formula is C17H23NO2S. The van der Waals surface area contributed by atoms with E-state index in [9.17, 15) is 9.59 Å². The Morgan fingerprint density at radius 1 is 1.14 bits per heavy atom. The summed E-state index contributed by atoms with van der Waals surface area (Å²) in [5.74, 6) is 0.0789. The summed E-state index contributed by atoms with van der Waals surface area (Å²) < 4.78 is 0. The molecule has 21 heavy (non-hydrogen) atoms. The Morgan fingerprint density at radius 2 is 1.76 bits per heavy atom. The number of ketones is 1. The number of nitrogens with one attached hydrogen (secondary N) is 1. The van der Waals surface area contributed by atoms with E-state index >= 15 is 0 Å². The predicted octanol–water partition coefficient (Wildman–Crippen LogP) is 4.28. The van der Waals surface area contributed by atoms with Gasteiger partial charge in [0.15, 0.2) is 5.78 Å². The quantitative estimate of drug-likeness (QED) is 0.826. The number of hydrogen-bond donors (Lipinski definition) is 1. The van der Waals surface area contributed by atoms with Crippen LogP contribution in [0, 0.1) is 0 Å². The van der Waals surface area contributed by atoms with Crippen molar-refractivity contribution >= 4 is 29.1 Å². The van der Waals surface area contributed by atoms with Crippen LogP contribution in [0.25, 0.3) is 0 Å². The Hall–Kier alpha value is -1.29. The van der Waals surface area contributed by atoms with Crippen LogP contribution in [0.5, 0.6) is 0 Å². The van der Waals surface area contributed by atoms with E-state index in [1.54, 1.807) is 24.3 Å². The first-order valence-corrected chi connectivity index (χ1v) is 8.58. The maximum atomic E-state index is 12.4. The molecule has 1 N–H and O–H groups in total. The fourth-order valence-corrected chi connectivity index (χ4v) is 4.15. The summed E-state index contributed by atoms with van der Waals surface area (Å²) >= 11 is 1.82. The molecule has 0 aromatic heterocycles. The molecule has 114 valence electrons. The van der Waals surface area contributed by atoms with Gasteiger partial charge in [0.1, 0.15) is 0 Å². The summed E-state index contributed by atoms with van der Waals surface area (Å²) in [6.07, 6.45) is 6.41. The highest BCUT2D eigenvalue weighted by Crippen LogP contribution is 2.32. The number of carbonyl (C=O) groups excluding carboxylic acids is 2. The highest BCUT2D eigenvalue weighted by atomic mass is 32.2. The molecule has 1 aliphatic carbocycles. The van der Waals surface area contributed by atoms with Gasteiger partial charge in [0, 0.05) is 23.4 Å². The number of Topliss-reactive ketones (excluding diaryl/α,β-unsaturated/α-hetero) is 1. The molecule has 0 aliphatic heterocycles. The Bertz CT molecular complexity index is 492. The van der Waals surface area contributed by atoms with Crippen LogP contribution < -0.4 is 5.32 Å². The normalized spacial score (nSPS) is 17.2. The minimum atomic E-state index is -0.102. The van der Waals surface area contributed by atoms with Crippen molar-refractivity contribution in [2.45, 2.75) is 56.5 Å². The maximum Gasteiger partial charge on any atom is 0.221 e. The monoisotopic (exact) mass is 305 g/mol. The van der Waals surface area contributed by atoms with Crippen molar-refractivity contribution in [3.8, 4) is 0 Å². The van der Waals surface area contributed by atoms with Gasteiger partial charge in [0.05, 0.1) is 5.25 Å². The predicted molar refractivity (Wildman–Crippen MR) is 89.0 cm³/mol. The molecule has 1 aromatic carbocycles. The zero-order chi connectivity index (χ0) is 15.2. The molecule has 1 atom stereocenters. The second-order valence-corrected chi connectivity index (χ2v) is 7.31. The molecule has 1 saturated carbocycles. The van der Waals surface area contributed by atoms with E-state index in [0.717, 1.165) is 11.3 Å². The maximum absolute atomic E-state index is 12.4. The van der Waals surface area contributed by atoms with Gasteiger partial charge in [-0.05, 0) is 44.0 Å². The van der Waals surface area contributed by atoms with Crippen LogP contribution >= 0.6 is 11.8 Å². The van der Waals surface area contributed by atoms with Crippen molar-refractivity contribution in [3.63, 3.8) is 0 Å². The molecule has 0 spiro atoms. The Morgan fingerprint density at radius 3 is 2.33 bits per heavy atom. The van der Waals surface area contributed by atoms with Gasteiger partial charge in [-0.15, -0.1) is 11.8 Å². The second-order valence-electron chi connectivity index (χ2n) is 5.66. The zero-order valence-electron chi connectivity index (χ0n) is 12.7. The van der Waals surface area contributed by atoms with Crippen LogP contribution in [0.15, 0.2) is 24.3 Å². The van der Waals surface area contributed by atoms with E-state index in [1.165, 1.54) is 39.0 Å². The molecule has 0 heterocycles. The van der Waals surface area contributed by atoms with Gasteiger partial charge in [0.25, 0.3) is 0 Å². The Balaban J connectivity index is 1.93. The van der Waals surface area contributed by atoms with Crippen LogP contribution in [0.1, 0.15) is 56.3 Å². The summed E-state index contributed by atoms with van der Waals surface area (Å²) in [6.45, 7) is 3.48. The lowest BCUT2D eigenvalue weighted by Gasteiger charge is -2.23. The van der Waals surface area contributed by atoms with Gasteiger partial charge in [-0.25, -0.2) is 0 Å². The molecule has 0 bridgehead atoms. The van der Waals surface area contributed by atoms with Gasteiger partial charge in [-0.1, -0.05) is 19.3 Å². The Labute approximate surface area is 130 Å². The van der Waals surface area contributed by atoms with E-state index in [2.05, 4.69) is 5.32 Å². The molecule has 2 rings (SSSR count). The molecule has 1 amide bonds. The van der Waals surface area contributed by atoms with Crippen molar-refractivity contribution < 1.29 is 9.59 Å². The lowest BCUT2D eigenvalue weighted by molar-refractivity contribution is -0.114. The third kappa shape index (κ3) is 4.88. The summed E-state index contributed by atoms with van der Waals surface area (Å²) in [6, 6.07) is 7.16. The second kappa shape index (κ2) is 7.64. The zero-order valence-corrected chi connectivity index (χ0v) is 13.5. The summed E-state index contributed by atoms with van der Waals surface area (Å²) in [4.78, 5) is 23.4. The van der Waals surface area contributed by atoms with Crippen molar-refractivity contribution in [3.05, 3.63) is 29.8 Å². The van der Waals surface area contributed by atoms with Gasteiger partial charge in [0.2, 0.25) is 5.91 Å². The van der Waals surface area contributed by atoms with E-state index in [1.807, 2.05) is 18.7 Å². The van der Waals surface area contributed by atoms with Gasteiger partial charge >= 0.3 is 0 Å². The molecular weight excluding hydrogens is 282 g/mol. The van der Waals surface area contributed by atoms with Crippen molar-refractivity contribution in [1.82, 2.24) is 0 Å². The topological polar surface area (TPSA) is 46.2 Å². The summed E-state index contributed by atoms with van der Waals surface area (Å²) in [5, 5.41) is 3.35. The molecule has 4 heteroatoms. The first-order valence-electron chi connectivity index (χ1n) is 7.63. The van der Waals surface area contributed by atoms with Crippen LogP contribution in [0.3, 0.4) is 0 Å². The summed E-state index contributed by atoms with van der Waals surface area (Å²) in [5.41, 5.74) is 1.45. The average molecular weight is 305 g/mol. The number of thioether (sulfide) groups is 1. The smallest absolute Gasteiger partial charge is 0.221 e. The lowest BCUT2D eigenvalue weighted by atomic mass is 10.0. The van der Waals surface area contributed by atoms with Crippen LogP contribution in [-0.4, -0.2) is 22.2 Å². The van der Waals surface area contributed by atoms with E-state index in [4.69, 9.17) is 0 Å². The highest BCUT2D eigenvalue weighted by molar-refractivity contribution is 8.01. The Kier molecular flexibility index (Phi) is 5.85. The van der Waals surface area contributed by atoms with Gasteiger partial charge in [-0.3, -0.25) is 9.59 Å². The number of hydrogen-bond acceptors (Lipinski definition) is 3. The van der Waals surface area contributed by atoms with Gasteiger partial charge in [-0.2, -0.15) is 0 Å². The third-order valence-corrected chi connectivity index (χ3v) is 5.29. The lowest BCUT2D eigenvalue weighted by Crippen LogP contribution is -2.19. The third-order valence-electron chi connectivity index (χ3n) is 3.81. The number of rotatable bonds is 5. The molecule has 0 saturated heterocycles. The minimum Gasteiger partial charge on any atom is -0.326 e. The largest absolute Gasteiger partial charge is 0.326 e. The molecule has 1 aliphatic rings. The number of benzene rings is 1. The minimum absolute atomic E-state index is 0.000263. The van der Waals surface area contributed by atoms with Crippen LogP contribution in [0.4, 0.5) is 5.69 Å². The fraction of sp³-hybridized carbons (Fsp3) is 0.529. The van der Waals surface area contributed by atoms with E-state index < -0.39 is 0 Å². The van der Waals surface area contributed by atoms with Gasteiger partial charge < -0.3 is 5.32 Å². The molecule has 1 unspecified atom stereocenters. The summed E-state index contributed by atoms with van der Waals surface area (Å²) in [7, 11) is 0. The molecule has 1 aromatic rings. The highest BCUT2D eigenvalue weighted by Gasteiger charge is 2.22. The van der Waals surface area contributed by atoms with Crippen LogP contribution in [0.2, 0.25) is 0 Å². The standard InChI is InChI=1S/C17H23NO2S/c1-12(21-16-6-4-3-5-7-16)17(20)14-8-10-15(11-9-14)18-13(2)19/h8-12,16H,3-7H2,1-2H3,(H,18,19). The molecule has 0 radical (unpaired) electrons. The van der Waals surface area contributed by atoms with Crippen molar-refractivity contribution in [1.29, 1.82) is 0 Å².